The Labute approximate surface area is 234 Å². The average Bonchev–Trinajstić information content (AvgIpc) is 3.47. The topological polar surface area (TPSA) is 82.2 Å². The lowest BCUT2D eigenvalue weighted by atomic mass is 9.69. The van der Waals surface area contributed by atoms with E-state index in [9.17, 15) is 14.4 Å². The maximum atomic E-state index is 13.5. The number of likely N-dealkylation sites (tertiary alicyclic amines) is 1. The molecular weight excluding hydrogens is 527 g/mol. The summed E-state index contributed by atoms with van der Waals surface area (Å²) >= 11 is 12.1. The van der Waals surface area contributed by atoms with Crippen molar-refractivity contribution in [3.05, 3.63) is 33.8 Å². The summed E-state index contributed by atoms with van der Waals surface area (Å²) in [6, 6.07) is 5.52. The Morgan fingerprint density at radius 3 is 2.58 bits per heavy atom. The zero-order valence-electron chi connectivity index (χ0n) is 22.0. The number of rotatable bonds is 6. The first-order chi connectivity index (χ1) is 18.3. The van der Waals surface area contributed by atoms with Crippen LogP contribution in [0.5, 0.6) is 0 Å². The van der Waals surface area contributed by atoms with Crippen LogP contribution in [0.25, 0.3) is 0 Å². The van der Waals surface area contributed by atoms with Gasteiger partial charge in [0, 0.05) is 39.3 Å². The van der Waals surface area contributed by atoms with Gasteiger partial charge < -0.3 is 19.4 Å². The molecule has 0 bridgehead atoms. The smallest absolute Gasteiger partial charge is 0.242 e. The fourth-order valence-corrected chi connectivity index (χ4v) is 7.01. The Kier molecular flexibility index (Phi) is 8.82. The predicted molar refractivity (Wildman–Crippen MR) is 146 cm³/mol. The van der Waals surface area contributed by atoms with Crippen molar-refractivity contribution in [2.45, 2.75) is 51.1 Å². The number of hydrogen-bond acceptors (Lipinski definition) is 5. The van der Waals surface area contributed by atoms with Gasteiger partial charge in [0.2, 0.25) is 17.7 Å². The Balaban J connectivity index is 1.12. The van der Waals surface area contributed by atoms with Crippen LogP contribution in [0.15, 0.2) is 18.2 Å². The summed E-state index contributed by atoms with van der Waals surface area (Å²) < 4.78 is 5.40. The van der Waals surface area contributed by atoms with Gasteiger partial charge in [0.15, 0.2) is 0 Å². The van der Waals surface area contributed by atoms with Gasteiger partial charge in [-0.2, -0.15) is 0 Å². The third-order valence-corrected chi connectivity index (χ3v) is 9.76. The van der Waals surface area contributed by atoms with Gasteiger partial charge in [-0.1, -0.05) is 29.3 Å². The van der Waals surface area contributed by atoms with E-state index in [1.54, 1.807) is 29.0 Å². The first kappa shape index (κ1) is 27.7. The molecule has 4 aliphatic rings. The first-order valence-electron chi connectivity index (χ1n) is 13.9. The van der Waals surface area contributed by atoms with Crippen LogP contribution in [0.1, 0.15) is 44.1 Å². The van der Waals surface area contributed by atoms with Crippen LogP contribution in [0, 0.1) is 23.7 Å². The van der Waals surface area contributed by atoms with Gasteiger partial charge in [0.05, 0.1) is 35.2 Å². The van der Waals surface area contributed by atoms with Gasteiger partial charge in [0.25, 0.3) is 0 Å². The van der Waals surface area contributed by atoms with Crippen LogP contribution >= 0.6 is 23.2 Å². The second kappa shape index (κ2) is 12.1. The summed E-state index contributed by atoms with van der Waals surface area (Å²) in [6.07, 6.45) is 5.80. The SMILES string of the molecule is CN(Cc1ccc(Cl)c(Cl)c1)C(=O)CN1CNC2CCC(C3CCN(C(=O)C4CCOC4)CC3)CC2C1=O. The van der Waals surface area contributed by atoms with E-state index in [1.165, 1.54) is 0 Å². The van der Waals surface area contributed by atoms with Crippen molar-refractivity contribution >= 4 is 40.9 Å². The minimum atomic E-state index is -0.110. The van der Waals surface area contributed by atoms with Crippen molar-refractivity contribution in [1.29, 1.82) is 0 Å². The Hall–Kier alpha value is -1.87. The van der Waals surface area contributed by atoms with Crippen LogP contribution in [0.4, 0.5) is 0 Å². The molecule has 208 valence electrons. The summed E-state index contributed by atoms with van der Waals surface area (Å²) in [4.78, 5) is 44.5. The quantitative estimate of drug-likeness (QED) is 0.572. The van der Waals surface area contributed by atoms with E-state index in [0.717, 1.165) is 57.2 Å². The fraction of sp³-hybridized carbons (Fsp3) is 0.679. The highest BCUT2D eigenvalue weighted by molar-refractivity contribution is 6.42. The van der Waals surface area contributed by atoms with Gasteiger partial charge in [0.1, 0.15) is 6.54 Å². The van der Waals surface area contributed by atoms with E-state index in [2.05, 4.69) is 5.32 Å². The number of likely N-dealkylation sites (N-methyl/N-ethyl adjacent to an activating group) is 1. The zero-order chi connectivity index (χ0) is 26.8. The lowest BCUT2D eigenvalue weighted by Crippen LogP contribution is -2.60. The van der Waals surface area contributed by atoms with Crippen molar-refractivity contribution in [1.82, 2.24) is 20.0 Å². The molecule has 4 unspecified atom stereocenters. The molecule has 3 aliphatic heterocycles. The third kappa shape index (κ3) is 6.14. The molecule has 1 saturated carbocycles. The monoisotopic (exact) mass is 564 g/mol. The predicted octanol–water partition coefficient (Wildman–Crippen LogP) is 3.40. The highest BCUT2D eigenvalue weighted by atomic mass is 35.5. The van der Waals surface area contributed by atoms with E-state index < -0.39 is 0 Å². The molecule has 5 rings (SSSR count). The Morgan fingerprint density at radius 1 is 1.08 bits per heavy atom. The number of carbonyl (C=O) groups excluding carboxylic acids is 3. The molecule has 1 N–H and O–H groups in total. The van der Waals surface area contributed by atoms with Crippen LogP contribution in [-0.4, -0.2) is 85.0 Å². The van der Waals surface area contributed by atoms with Crippen molar-refractivity contribution in [3.8, 4) is 0 Å². The number of benzene rings is 1. The molecule has 0 spiro atoms. The molecule has 0 aromatic heterocycles. The van der Waals surface area contributed by atoms with Crippen LogP contribution in [0.2, 0.25) is 10.0 Å². The average molecular weight is 566 g/mol. The van der Waals surface area contributed by atoms with Gasteiger partial charge in [-0.3, -0.25) is 19.7 Å². The van der Waals surface area contributed by atoms with Gasteiger partial charge in [-0.05, 0) is 68.1 Å². The van der Waals surface area contributed by atoms with Crippen molar-refractivity contribution in [3.63, 3.8) is 0 Å². The number of hydrogen-bond donors (Lipinski definition) is 1. The molecule has 0 radical (unpaired) electrons. The minimum Gasteiger partial charge on any atom is -0.381 e. The molecule has 1 aromatic rings. The molecule has 1 aromatic carbocycles. The summed E-state index contributed by atoms with van der Waals surface area (Å²) in [6.45, 7) is 3.73. The largest absolute Gasteiger partial charge is 0.381 e. The number of fused-ring (bicyclic) bond motifs is 1. The highest BCUT2D eigenvalue weighted by Gasteiger charge is 2.43. The summed E-state index contributed by atoms with van der Waals surface area (Å²) in [7, 11) is 1.74. The number of nitrogens with one attached hydrogen (secondary N) is 1. The van der Waals surface area contributed by atoms with E-state index in [0.29, 0.717) is 48.3 Å². The number of ether oxygens (including phenoxy) is 1. The van der Waals surface area contributed by atoms with Gasteiger partial charge >= 0.3 is 0 Å². The lowest BCUT2D eigenvalue weighted by molar-refractivity contribution is -0.148. The van der Waals surface area contributed by atoms with Crippen LogP contribution < -0.4 is 5.32 Å². The second-order valence-electron chi connectivity index (χ2n) is 11.4. The molecule has 1 aliphatic carbocycles. The van der Waals surface area contributed by atoms with E-state index in [4.69, 9.17) is 27.9 Å². The summed E-state index contributed by atoms with van der Waals surface area (Å²) in [5.74, 6) is 1.20. The first-order valence-corrected chi connectivity index (χ1v) is 14.6. The molecule has 3 heterocycles. The molecule has 10 heteroatoms. The fourth-order valence-electron chi connectivity index (χ4n) is 6.68. The Bertz CT molecular complexity index is 1040. The van der Waals surface area contributed by atoms with E-state index in [-0.39, 0.29) is 42.1 Å². The van der Waals surface area contributed by atoms with E-state index >= 15 is 0 Å². The summed E-state index contributed by atoms with van der Waals surface area (Å²) in [5.41, 5.74) is 0.887. The van der Waals surface area contributed by atoms with Crippen molar-refractivity contribution in [2.24, 2.45) is 23.7 Å². The maximum absolute atomic E-state index is 13.5. The third-order valence-electron chi connectivity index (χ3n) is 9.02. The maximum Gasteiger partial charge on any atom is 0.242 e. The van der Waals surface area contributed by atoms with Gasteiger partial charge in [-0.25, -0.2) is 0 Å². The molecule has 4 atom stereocenters. The number of carbonyl (C=O) groups is 3. The second-order valence-corrected chi connectivity index (χ2v) is 12.2. The highest BCUT2D eigenvalue weighted by Crippen LogP contribution is 2.40. The standard InChI is InChI=1S/C28H38Cl2N4O4/c1-32(14-18-2-4-23(29)24(30)12-18)26(35)15-34-17-31-25-5-3-20(13-22(25)28(34)37)19-6-9-33(10-7-19)27(36)21-8-11-38-16-21/h2,4,12,19-22,25,31H,3,5-11,13-17H2,1H3. The molecular formula is C28H38Cl2N4O4. The van der Waals surface area contributed by atoms with Crippen LogP contribution in [-0.2, 0) is 25.7 Å². The number of amides is 3. The number of halogens is 2. The zero-order valence-corrected chi connectivity index (χ0v) is 23.6. The molecule has 3 amide bonds. The van der Waals surface area contributed by atoms with Crippen LogP contribution in [0.3, 0.4) is 0 Å². The number of piperidine rings is 1. The van der Waals surface area contributed by atoms with Gasteiger partial charge in [-0.15, -0.1) is 0 Å². The van der Waals surface area contributed by atoms with Crippen molar-refractivity contribution < 1.29 is 19.1 Å². The molecule has 3 saturated heterocycles. The lowest BCUT2D eigenvalue weighted by Gasteiger charge is -2.46. The normalized spacial score (nSPS) is 28.3. The molecule has 8 nitrogen and oxygen atoms in total. The Morgan fingerprint density at radius 2 is 1.87 bits per heavy atom. The van der Waals surface area contributed by atoms with E-state index in [1.807, 2.05) is 11.0 Å². The van der Waals surface area contributed by atoms with Crippen molar-refractivity contribution in [2.75, 3.05) is 46.6 Å². The minimum absolute atomic E-state index is 0.0321. The number of nitrogens with zero attached hydrogens (tertiary/aromatic N) is 3. The summed E-state index contributed by atoms with van der Waals surface area (Å²) in [5, 5.41) is 4.46. The molecule has 4 fully saturated rings. The molecule has 38 heavy (non-hydrogen) atoms.